The average Bonchev–Trinajstić information content (AvgIpc) is 2.20. The van der Waals surface area contributed by atoms with Crippen LogP contribution in [0.3, 0.4) is 0 Å². The summed E-state index contributed by atoms with van der Waals surface area (Å²) in [6, 6.07) is 0. The van der Waals surface area contributed by atoms with E-state index in [9.17, 15) is 0 Å². The van der Waals surface area contributed by atoms with Crippen LogP contribution in [0, 0.1) is 10.8 Å². The zero-order valence-electron chi connectivity index (χ0n) is 13.9. The van der Waals surface area contributed by atoms with Crippen LogP contribution in [0.25, 0.3) is 0 Å². The van der Waals surface area contributed by atoms with Gasteiger partial charge in [0.25, 0.3) is 0 Å². The molecule has 0 N–H and O–H groups in total. The smallest absolute Gasteiger partial charge is 0.0635 e. The fourth-order valence-electron chi connectivity index (χ4n) is 3.65. The van der Waals surface area contributed by atoms with E-state index in [1.165, 1.54) is 11.1 Å². The van der Waals surface area contributed by atoms with Crippen molar-refractivity contribution in [2.24, 2.45) is 21.0 Å². The Morgan fingerprint density at radius 3 is 1.35 bits per heavy atom. The molecule has 0 spiro atoms. The van der Waals surface area contributed by atoms with Gasteiger partial charge in [0.15, 0.2) is 0 Å². The summed E-state index contributed by atoms with van der Waals surface area (Å²) in [5.41, 5.74) is 5.71. The number of hydrogen-bond donors (Lipinski definition) is 0. The molecule has 0 aliphatic heterocycles. The lowest BCUT2D eigenvalue weighted by atomic mass is 9.77. The molecule has 0 aromatic carbocycles. The third kappa shape index (κ3) is 4.16. The fourth-order valence-corrected chi connectivity index (χ4v) is 3.65. The molecule has 2 rings (SSSR count). The lowest BCUT2D eigenvalue weighted by Crippen LogP contribution is -2.22. The number of allylic oxidation sites excluding steroid dienone is 4. The van der Waals surface area contributed by atoms with Crippen LogP contribution in [0.2, 0.25) is 0 Å². The van der Waals surface area contributed by atoms with E-state index in [0.717, 1.165) is 37.1 Å². The normalized spacial score (nSPS) is 29.3. The highest BCUT2D eigenvalue weighted by atomic mass is 15.2. The molecule has 0 aromatic rings. The average molecular weight is 272 g/mol. The van der Waals surface area contributed by atoms with Gasteiger partial charge in [-0.25, -0.2) is 0 Å². The molecule has 2 aliphatic carbocycles. The molecular formula is C18H28N2. The first-order valence-corrected chi connectivity index (χ1v) is 7.63. The van der Waals surface area contributed by atoms with Gasteiger partial charge in [0.05, 0.1) is 11.4 Å². The summed E-state index contributed by atoms with van der Waals surface area (Å²) in [5.74, 6) is 0. The van der Waals surface area contributed by atoms with Gasteiger partial charge in [0.2, 0.25) is 0 Å². The van der Waals surface area contributed by atoms with E-state index in [1.54, 1.807) is 0 Å². The van der Waals surface area contributed by atoms with Gasteiger partial charge in [0.1, 0.15) is 0 Å². The lowest BCUT2D eigenvalue weighted by molar-refractivity contribution is 0.371. The van der Waals surface area contributed by atoms with E-state index in [2.05, 4.69) is 63.9 Å². The van der Waals surface area contributed by atoms with Crippen LogP contribution in [-0.4, -0.2) is 11.4 Å². The predicted octanol–water partition coefficient (Wildman–Crippen LogP) is 5.32. The van der Waals surface area contributed by atoms with Crippen LogP contribution in [0.5, 0.6) is 0 Å². The van der Waals surface area contributed by atoms with Gasteiger partial charge >= 0.3 is 0 Å². The van der Waals surface area contributed by atoms with Gasteiger partial charge in [-0.3, -0.25) is 0 Å². The molecule has 20 heavy (non-hydrogen) atoms. The van der Waals surface area contributed by atoms with Crippen LogP contribution >= 0.6 is 0 Å². The van der Waals surface area contributed by atoms with Crippen molar-refractivity contribution in [1.82, 2.24) is 0 Å². The minimum Gasteiger partial charge on any atom is -0.155 e. The van der Waals surface area contributed by atoms with Gasteiger partial charge in [-0.2, -0.15) is 10.2 Å². The highest BCUT2D eigenvalue weighted by Gasteiger charge is 2.26. The summed E-state index contributed by atoms with van der Waals surface area (Å²) >= 11 is 0. The Labute approximate surface area is 123 Å². The first-order chi connectivity index (χ1) is 9.15. The zero-order valence-corrected chi connectivity index (χ0v) is 13.9. The topological polar surface area (TPSA) is 24.7 Å². The van der Waals surface area contributed by atoms with Gasteiger partial charge in [0, 0.05) is 0 Å². The number of nitrogens with zero attached hydrogens (tertiary/aromatic N) is 2. The largest absolute Gasteiger partial charge is 0.155 e. The molecule has 2 nitrogen and oxygen atoms in total. The van der Waals surface area contributed by atoms with E-state index < -0.39 is 0 Å². The van der Waals surface area contributed by atoms with E-state index in [-0.39, 0.29) is 0 Å². The van der Waals surface area contributed by atoms with Crippen molar-refractivity contribution < 1.29 is 0 Å². The molecule has 0 atom stereocenters. The predicted molar refractivity (Wildman–Crippen MR) is 88.4 cm³/mol. The Morgan fingerprint density at radius 1 is 0.700 bits per heavy atom. The molecule has 0 radical (unpaired) electrons. The van der Waals surface area contributed by atoms with Crippen molar-refractivity contribution in [3.05, 3.63) is 23.3 Å². The van der Waals surface area contributed by atoms with E-state index in [0.29, 0.717) is 10.8 Å². The highest BCUT2D eigenvalue weighted by Crippen LogP contribution is 2.35. The maximum atomic E-state index is 4.54. The minimum atomic E-state index is 0.315. The van der Waals surface area contributed by atoms with Crippen molar-refractivity contribution in [3.63, 3.8) is 0 Å². The second-order valence-electron chi connectivity index (χ2n) is 8.20. The van der Waals surface area contributed by atoms with Gasteiger partial charge in [-0.15, -0.1) is 0 Å². The molecule has 0 unspecified atom stereocenters. The van der Waals surface area contributed by atoms with Crippen LogP contribution in [0.1, 0.15) is 67.2 Å². The molecule has 0 heterocycles. The SMILES string of the molecule is CC1=CC(=NN=C2C=C(C)CC(C)(C)C2)CC(C)(C)C1. The van der Waals surface area contributed by atoms with E-state index in [1.807, 2.05) is 0 Å². The Morgan fingerprint density at radius 2 is 1.05 bits per heavy atom. The lowest BCUT2D eigenvalue weighted by Gasteiger charge is -2.30. The molecule has 0 fully saturated rings. The molecule has 0 amide bonds. The first-order valence-electron chi connectivity index (χ1n) is 7.63. The fraction of sp³-hybridized carbons (Fsp3) is 0.667. The Bertz CT molecular complexity index is 466. The quantitative estimate of drug-likeness (QED) is 0.577. The number of hydrogen-bond acceptors (Lipinski definition) is 2. The molecular weight excluding hydrogens is 244 g/mol. The third-order valence-corrected chi connectivity index (χ3v) is 3.97. The Hall–Kier alpha value is -1.18. The monoisotopic (exact) mass is 272 g/mol. The molecule has 2 aliphatic rings. The van der Waals surface area contributed by atoms with Crippen LogP contribution in [-0.2, 0) is 0 Å². The van der Waals surface area contributed by atoms with Crippen molar-refractivity contribution in [3.8, 4) is 0 Å². The molecule has 2 heteroatoms. The van der Waals surface area contributed by atoms with Crippen molar-refractivity contribution in [1.29, 1.82) is 0 Å². The van der Waals surface area contributed by atoms with Gasteiger partial charge in [-0.1, -0.05) is 38.8 Å². The summed E-state index contributed by atoms with van der Waals surface area (Å²) < 4.78 is 0. The molecule has 0 bridgehead atoms. The molecule has 0 aromatic heterocycles. The summed E-state index contributed by atoms with van der Waals surface area (Å²) in [5, 5.41) is 9.07. The standard InChI is InChI=1S/C18H28N2/c1-13-7-15(11-17(3,4)9-13)19-20-16-8-14(2)10-18(5,6)12-16/h7-8H,9-12H2,1-6H3. The van der Waals surface area contributed by atoms with E-state index >= 15 is 0 Å². The molecule has 0 saturated heterocycles. The van der Waals surface area contributed by atoms with Gasteiger partial charge in [-0.05, 0) is 62.5 Å². The summed E-state index contributed by atoms with van der Waals surface area (Å²) in [6.07, 6.45) is 8.78. The third-order valence-electron chi connectivity index (χ3n) is 3.97. The summed E-state index contributed by atoms with van der Waals surface area (Å²) in [6.45, 7) is 13.6. The summed E-state index contributed by atoms with van der Waals surface area (Å²) in [7, 11) is 0. The van der Waals surface area contributed by atoms with Crippen LogP contribution in [0.4, 0.5) is 0 Å². The van der Waals surface area contributed by atoms with Crippen LogP contribution in [0.15, 0.2) is 33.5 Å². The van der Waals surface area contributed by atoms with Gasteiger partial charge < -0.3 is 0 Å². The van der Waals surface area contributed by atoms with Crippen molar-refractivity contribution in [2.45, 2.75) is 67.2 Å². The van der Waals surface area contributed by atoms with Crippen LogP contribution < -0.4 is 0 Å². The maximum absolute atomic E-state index is 4.54. The minimum absolute atomic E-state index is 0.315. The molecule has 0 saturated carbocycles. The Balaban J connectivity index is 2.22. The second-order valence-corrected chi connectivity index (χ2v) is 8.20. The van der Waals surface area contributed by atoms with E-state index in [4.69, 9.17) is 0 Å². The zero-order chi connectivity index (χ0) is 15.0. The first kappa shape index (κ1) is 15.2. The molecule has 110 valence electrons. The van der Waals surface area contributed by atoms with Crippen molar-refractivity contribution in [2.75, 3.05) is 0 Å². The number of rotatable bonds is 1. The van der Waals surface area contributed by atoms with Crippen molar-refractivity contribution >= 4 is 11.4 Å². The Kier molecular flexibility index (Phi) is 4.04. The maximum Gasteiger partial charge on any atom is 0.0635 e. The highest BCUT2D eigenvalue weighted by molar-refractivity contribution is 6.00. The summed E-state index contributed by atoms with van der Waals surface area (Å²) in [4.78, 5) is 0. The second kappa shape index (κ2) is 5.31.